The number of rotatable bonds is 4. The van der Waals surface area contributed by atoms with E-state index in [4.69, 9.17) is 9.47 Å². The van der Waals surface area contributed by atoms with Crippen molar-refractivity contribution >= 4 is 33.1 Å². The first-order valence-corrected chi connectivity index (χ1v) is 11.6. The van der Waals surface area contributed by atoms with Gasteiger partial charge in [-0.15, -0.1) is 0 Å². The number of carbonyl (C=O) groups excluding carboxylic acids is 1. The van der Waals surface area contributed by atoms with Gasteiger partial charge < -0.3 is 20.1 Å². The molecule has 2 aliphatic heterocycles. The fourth-order valence-corrected chi connectivity index (χ4v) is 5.44. The smallest absolute Gasteiger partial charge is 0.323 e. The summed E-state index contributed by atoms with van der Waals surface area (Å²) < 4.78 is 38.3. The first kappa shape index (κ1) is 20.2. The minimum absolute atomic E-state index is 0.164. The molecule has 2 aliphatic rings. The maximum absolute atomic E-state index is 13.1. The van der Waals surface area contributed by atoms with Crippen LogP contribution in [0.25, 0.3) is 0 Å². The zero-order chi connectivity index (χ0) is 22.1. The lowest BCUT2D eigenvalue weighted by Crippen LogP contribution is -2.35. The quantitative estimate of drug-likeness (QED) is 0.620. The van der Waals surface area contributed by atoms with Crippen LogP contribution in [0.4, 0.5) is 21.9 Å². The molecule has 0 saturated heterocycles. The van der Waals surface area contributed by atoms with Crippen LogP contribution in [0.3, 0.4) is 0 Å². The topological polar surface area (TPSA) is 97.0 Å². The number of anilines is 3. The van der Waals surface area contributed by atoms with Crippen molar-refractivity contribution in [2.45, 2.75) is 17.7 Å². The second-order valence-electron chi connectivity index (χ2n) is 7.48. The fraction of sp³-hybridized carbons (Fsp3) is 0.174. The fourth-order valence-electron chi connectivity index (χ4n) is 3.88. The molecule has 3 aromatic rings. The normalized spacial score (nSPS) is 14.6. The first-order valence-electron chi connectivity index (χ1n) is 10.2. The number of aryl methyl sites for hydroxylation is 1. The van der Waals surface area contributed by atoms with Gasteiger partial charge in [0, 0.05) is 24.0 Å². The molecule has 32 heavy (non-hydrogen) atoms. The van der Waals surface area contributed by atoms with Crippen molar-refractivity contribution in [1.82, 2.24) is 0 Å². The van der Waals surface area contributed by atoms with Crippen LogP contribution >= 0.6 is 0 Å². The molecule has 0 bridgehead atoms. The Labute approximate surface area is 185 Å². The largest absolute Gasteiger partial charge is 0.454 e. The van der Waals surface area contributed by atoms with E-state index in [2.05, 4.69) is 10.6 Å². The van der Waals surface area contributed by atoms with Gasteiger partial charge in [-0.2, -0.15) is 0 Å². The van der Waals surface area contributed by atoms with E-state index >= 15 is 0 Å². The maximum Gasteiger partial charge on any atom is 0.323 e. The van der Waals surface area contributed by atoms with Gasteiger partial charge in [-0.1, -0.05) is 18.2 Å². The van der Waals surface area contributed by atoms with Gasteiger partial charge in [0.2, 0.25) is 6.79 Å². The highest BCUT2D eigenvalue weighted by Gasteiger charge is 2.29. The molecule has 0 unspecified atom stereocenters. The van der Waals surface area contributed by atoms with Crippen LogP contribution in [-0.4, -0.2) is 27.8 Å². The van der Waals surface area contributed by atoms with Crippen molar-refractivity contribution in [2.24, 2.45) is 0 Å². The summed E-state index contributed by atoms with van der Waals surface area (Å²) in [6.07, 6.45) is 1.43. The van der Waals surface area contributed by atoms with E-state index in [1.54, 1.807) is 60.7 Å². The van der Waals surface area contributed by atoms with Crippen LogP contribution in [0.1, 0.15) is 12.0 Å². The van der Waals surface area contributed by atoms with Gasteiger partial charge in [-0.25, -0.2) is 13.2 Å². The maximum atomic E-state index is 13.1. The van der Waals surface area contributed by atoms with Crippen LogP contribution in [0, 0.1) is 0 Å². The van der Waals surface area contributed by atoms with E-state index in [-0.39, 0.29) is 11.7 Å². The Morgan fingerprint density at radius 1 is 0.875 bits per heavy atom. The Morgan fingerprint density at radius 2 is 1.59 bits per heavy atom. The monoisotopic (exact) mass is 451 g/mol. The molecule has 164 valence electrons. The lowest BCUT2D eigenvalue weighted by atomic mass is 10.0. The number of benzene rings is 3. The Kier molecular flexibility index (Phi) is 5.10. The van der Waals surface area contributed by atoms with Gasteiger partial charge in [0.05, 0.1) is 10.6 Å². The molecule has 5 rings (SSSR count). The summed E-state index contributed by atoms with van der Waals surface area (Å²) in [5, 5.41) is 5.57. The molecule has 2 heterocycles. The third-order valence-electron chi connectivity index (χ3n) is 5.38. The molecular weight excluding hydrogens is 430 g/mol. The summed E-state index contributed by atoms with van der Waals surface area (Å²) in [6, 6.07) is 18.4. The number of carbonyl (C=O) groups is 1. The third kappa shape index (κ3) is 3.82. The lowest BCUT2D eigenvalue weighted by Gasteiger charge is -2.30. The molecule has 8 nitrogen and oxygen atoms in total. The van der Waals surface area contributed by atoms with E-state index in [0.717, 1.165) is 12.0 Å². The van der Waals surface area contributed by atoms with Crippen LogP contribution < -0.4 is 24.4 Å². The number of sulfonamides is 1. The molecule has 9 heteroatoms. The van der Waals surface area contributed by atoms with Crippen molar-refractivity contribution in [3.63, 3.8) is 0 Å². The van der Waals surface area contributed by atoms with E-state index < -0.39 is 16.1 Å². The highest BCUT2D eigenvalue weighted by molar-refractivity contribution is 7.92. The van der Waals surface area contributed by atoms with Crippen molar-refractivity contribution in [2.75, 3.05) is 28.3 Å². The summed E-state index contributed by atoms with van der Waals surface area (Å²) in [4.78, 5) is 12.7. The Hall–Kier alpha value is -3.72. The predicted molar refractivity (Wildman–Crippen MR) is 121 cm³/mol. The predicted octanol–water partition coefficient (Wildman–Crippen LogP) is 4.20. The summed E-state index contributed by atoms with van der Waals surface area (Å²) in [7, 11) is -3.65. The Bertz CT molecular complexity index is 1280. The number of hydrogen-bond donors (Lipinski definition) is 2. The molecule has 0 atom stereocenters. The number of amides is 2. The van der Waals surface area contributed by atoms with E-state index in [0.29, 0.717) is 41.5 Å². The van der Waals surface area contributed by atoms with Crippen LogP contribution in [-0.2, 0) is 16.4 Å². The van der Waals surface area contributed by atoms with Crippen molar-refractivity contribution < 1.29 is 22.7 Å². The second kappa shape index (κ2) is 8.08. The molecular formula is C23H21N3O5S. The number of ether oxygens (including phenoxy) is 2. The molecule has 3 aromatic carbocycles. The summed E-state index contributed by atoms with van der Waals surface area (Å²) in [5.74, 6) is 1.22. The third-order valence-corrected chi connectivity index (χ3v) is 7.20. The summed E-state index contributed by atoms with van der Waals surface area (Å²) >= 11 is 0. The van der Waals surface area contributed by atoms with Crippen LogP contribution in [0.2, 0.25) is 0 Å². The molecule has 0 spiro atoms. The first-order chi connectivity index (χ1) is 15.5. The highest BCUT2D eigenvalue weighted by Crippen LogP contribution is 2.35. The Balaban J connectivity index is 1.33. The Morgan fingerprint density at radius 3 is 2.41 bits per heavy atom. The van der Waals surface area contributed by atoms with Crippen LogP contribution in [0.5, 0.6) is 11.5 Å². The summed E-state index contributed by atoms with van der Waals surface area (Å²) in [5.41, 5.74) is 2.67. The zero-order valence-electron chi connectivity index (χ0n) is 17.1. The minimum Gasteiger partial charge on any atom is -0.454 e. The van der Waals surface area contributed by atoms with Crippen molar-refractivity contribution in [1.29, 1.82) is 0 Å². The van der Waals surface area contributed by atoms with Crippen molar-refractivity contribution in [3.8, 4) is 11.5 Å². The molecule has 2 amide bonds. The molecule has 0 fully saturated rings. The molecule has 2 N–H and O–H groups in total. The molecule has 0 aliphatic carbocycles. The van der Waals surface area contributed by atoms with Crippen molar-refractivity contribution in [3.05, 3.63) is 72.3 Å². The van der Waals surface area contributed by atoms with E-state index in [1.165, 1.54) is 4.31 Å². The number of hydrogen-bond acceptors (Lipinski definition) is 5. The number of nitrogens with one attached hydrogen (secondary N) is 2. The van der Waals surface area contributed by atoms with E-state index in [9.17, 15) is 13.2 Å². The van der Waals surface area contributed by atoms with Crippen LogP contribution in [0.15, 0.2) is 71.6 Å². The summed E-state index contributed by atoms with van der Waals surface area (Å²) in [6.45, 7) is 0.582. The molecule has 0 saturated carbocycles. The second-order valence-corrected chi connectivity index (χ2v) is 9.35. The minimum atomic E-state index is -3.65. The van der Waals surface area contributed by atoms with Gasteiger partial charge in [-0.3, -0.25) is 4.31 Å². The highest BCUT2D eigenvalue weighted by atomic mass is 32.2. The lowest BCUT2D eigenvalue weighted by molar-refractivity contribution is 0.174. The number of nitrogens with zero attached hydrogens (tertiary/aromatic N) is 1. The van der Waals surface area contributed by atoms with Gasteiger partial charge in [0.25, 0.3) is 10.0 Å². The average molecular weight is 452 g/mol. The number of urea groups is 1. The standard InChI is InChI=1S/C23H21N3O5S/c27-23(25-18-9-11-21-22(14-18)31-15-30-21)24-17-8-10-20-16(13-17)5-4-12-26(20)32(28,29)19-6-2-1-3-7-19/h1-3,6-11,13-14H,4-5,12,15H2,(H2,24,25,27). The van der Waals surface area contributed by atoms with Gasteiger partial charge in [0.15, 0.2) is 11.5 Å². The van der Waals surface area contributed by atoms with Gasteiger partial charge in [-0.05, 0) is 60.9 Å². The van der Waals surface area contributed by atoms with E-state index in [1.807, 2.05) is 6.07 Å². The zero-order valence-corrected chi connectivity index (χ0v) is 17.9. The number of fused-ring (bicyclic) bond motifs is 2. The van der Waals surface area contributed by atoms with Gasteiger partial charge in [0.1, 0.15) is 0 Å². The molecule has 0 aromatic heterocycles. The molecule has 0 radical (unpaired) electrons. The SMILES string of the molecule is O=C(Nc1ccc2c(c1)CCCN2S(=O)(=O)c1ccccc1)Nc1ccc2c(c1)OCO2. The van der Waals surface area contributed by atoms with Gasteiger partial charge >= 0.3 is 6.03 Å². The average Bonchev–Trinajstić information content (AvgIpc) is 3.27.